The van der Waals surface area contributed by atoms with E-state index in [1.165, 1.54) is 26.0 Å². The average molecular weight is 399 g/mol. The van der Waals surface area contributed by atoms with Crippen LogP contribution in [0.15, 0.2) is 18.2 Å². The van der Waals surface area contributed by atoms with Crippen LogP contribution in [-0.2, 0) is 14.3 Å². The molecule has 0 aromatic heterocycles. The second-order valence-electron chi connectivity index (χ2n) is 5.53. The molecule has 7 nitrogen and oxygen atoms in total. The van der Waals surface area contributed by atoms with Crippen LogP contribution < -0.4 is 14.8 Å². The fraction of sp³-hybridized carbons (Fsp3) is 0.471. The lowest BCUT2D eigenvalue weighted by molar-refractivity contribution is -0.144. The lowest BCUT2D eigenvalue weighted by Gasteiger charge is -2.17. The zero-order valence-electron chi connectivity index (χ0n) is 14.8. The molecule has 0 unspecified atom stereocenters. The van der Waals surface area contributed by atoms with Gasteiger partial charge in [-0.2, -0.15) is 0 Å². The molecule has 1 heterocycles. The molecule has 1 amide bonds. The van der Waals surface area contributed by atoms with Gasteiger partial charge in [0.1, 0.15) is 4.32 Å². The van der Waals surface area contributed by atoms with E-state index in [0.29, 0.717) is 21.5 Å². The zero-order chi connectivity index (χ0) is 18.9. The molecule has 9 heteroatoms. The number of methoxy groups -OCH3 is 2. The van der Waals surface area contributed by atoms with Gasteiger partial charge in [-0.25, -0.2) is 0 Å². The minimum absolute atomic E-state index is 0.0962. The van der Waals surface area contributed by atoms with Gasteiger partial charge in [-0.3, -0.25) is 9.59 Å². The van der Waals surface area contributed by atoms with Crippen LogP contribution in [0.3, 0.4) is 0 Å². The number of nitrogens with one attached hydrogen (secondary N) is 1. The first-order valence-electron chi connectivity index (χ1n) is 8.12. The van der Waals surface area contributed by atoms with E-state index in [2.05, 4.69) is 10.2 Å². The Morgan fingerprint density at radius 1 is 1.19 bits per heavy atom. The molecule has 0 atom stereocenters. The predicted octanol–water partition coefficient (Wildman–Crippen LogP) is 2.30. The Morgan fingerprint density at radius 2 is 1.88 bits per heavy atom. The standard InChI is InChI=1S/C17H22N2O5S2/c1-22-13-6-5-12(9-14(13)23-2)18-15(20)10-24-16(21)11-26-17(25)19-7-3-4-8-19/h5-6,9H,3-4,7-8,10-11H2,1-2H3,(H,18,20). The van der Waals surface area contributed by atoms with Gasteiger partial charge in [-0.15, -0.1) is 0 Å². The quantitative estimate of drug-likeness (QED) is 0.554. The number of hydrogen-bond donors (Lipinski definition) is 1. The van der Waals surface area contributed by atoms with Crippen molar-refractivity contribution in [3.63, 3.8) is 0 Å². The fourth-order valence-corrected chi connectivity index (χ4v) is 3.46. The summed E-state index contributed by atoms with van der Waals surface area (Å²) in [6, 6.07) is 4.98. The molecule has 0 saturated carbocycles. The number of thiocarbonyl (C=S) groups is 1. The van der Waals surface area contributed by atoms with Gasteiger partial charge in [0, 0.05) is 24.8 Å². The van der Waals surface area contributed by atoms with E-state index in [9.17, 15) is 9.59 Å². The van der Waals surface area contributed by atoms with Gasteiger partial charge in [-0.1, -0.05) is 24.0 Å². The maximum atomic E-state index is 11.9. The molecule has 2 rings (SSSR count). The highest BCUT2D eigenvalue weighted by Crippen LogP contribution is 2.29. The van der Waals surface area contributed by atoms with Crippen molar-refractivity contribution in [2.45, 2.75) is 12.8 Å². The Bertz CT molecular complexity index is 663. The van der Waals surface area contributed by atoms with Crippen LogP contribution in [0, 0.1) is 0 Å². The number of amides is 1. The summed E-state index contributed by atoms with van der Waals surface area (Å²) in [4.78, 5) is 25.8. The van der Waals surface area contributed by atoms with Crippen molar-refractivity contribution >= 4 is 45.9 Å². The summed E-state index contributed by atoms with van der Waals surface area (Å²) in [5, 5.41) is 2.64. The molecule has 26 heavy (non-hydrogen) atoms. The summed E-state index contributed by atoms with van der Waals surface area (Å²) >= 11 is 6.55. The van der Waals surface area contributed by atoms with Gasteiger partial charge in [0.25, 0.3) is 5.91 Å². The molecule has 0 aliphatic carbocycles. The molecule has 1 aromatic carbocycles. The Hall–Kier alpha value is -2.00. The van der Waals surface area contributed by atoms with E-state index < -0.39 is 11.9 Å². The lowest BCUT2D eigenvalue weighted by atomic mass is 10.2. The van der Waals surface area contributed by atoms with Crippen molar-refractivity contribution in [1.29, 1.82) is 0 Å². The molecule has 1 aliphatic rings. The topological polar surface area (TPSA) is 77.1 Å². The second-order valence-corrected chi connectivity index (χ2v) is 7.14. The highest BCUT2D eigenvalue weighted by atomic mass is 32.2. The molecular weight excluding hydrogens is 376 g/mol. The monoisotopic (exact) mass is 398 g/mol. The number of carbonyl (C=O) groups excluding carboxylic acids is 2. The zero-order valence-corrected chi connectivity index (χ0v) is 16.4. The van der Waals surface area contributed by atoms with Gasteiger partial charge >= 0.3 is 5.97 Å². The number of esters is 1. The SMILES string of the molecule is COc1ccc(NC(=O)COC(=O)CSC(=S)N2CCCC2)cc1OC. The van der Waals surface area contributed by atoms with Crippen LogP contribution >= 0.6 is 24.0 Å². The fourth-order valence-electron chi connectivity index (χ4n) is 2.41. The van der Waals surface area contributed by atoms with Crippen LogP contribution in [0.5, 0.6) is 11.5 Å². The first-order valence-corrected chi connectivity index (χ1v) is 9.52. The third-order valence-corrected chi connectivity index (χ3v) is 5.21. The van der Waals surface area contributed by atoms with Crippen molar-refractivity contribution < 1.29 is 23.8 Å². The largest absolute Gasteiger partial charge is 0.493 e. The van der Waals surface area contributed by atoms with E-state index in [4.69, 9.17) is 26.4 Å². The van der Waals surface area contributed by atoms with Crippen LogP contribution in [-0.4, -0.2) is 60.8 Å². The number of hydrogen-bond acceptors (Lipinski definition) is 7. The Labute approximate surface area is 162 Å². The van der Waals surface area contributed by atoms with Gasteiger partial charge in [0.2, 0.25) is 0 Å². The van der Waals surface area contributed by atoms with Crippen molar-refractivity contribution in [3.05, 3.63) is 18.2 Å². The Morgan fingerprint density at radius 3 is 2.54 bits per heavy atom. The summed E-state index contributed by atoms with van der Waals surface area (Å²) in [6.45, 7) is 1.52. The van der Waals surface area contributed by atoms with E-state index in [0.717, 1.165) is 25.9 Å². The summed E-state index contributed by atoms with van der Waals surface area (Å²) in [6.07, 6.45) is 2.25. The summed E-state index contributed by atoms with van der Waals surface area (Å²) in [7, 11) is 3.04. The number of thioether (sulfide) groups is 1. The molecular formula is C17H22N2O5S2. The number of ether oxygens (including phenoxy) is 3. The molecule has 142 valence electrons. The maximum absolute atomic E-state index is 11.9. The molecule has 1 aromatic rings. The molecule has 0 bridgehead atoms. The van der Waals surface area contributed by atoms with Gasteiger partial charge in [0.15, 0.2) is 18.1 Å². The summed E-state index contributed by atoms with van der Waals surface area (Å²) in [5.41, 5.74) is 0.522. The smallest absolute Gasteiger partial charge is 0.316 e. The van der Waals surface area contributed by atoms with Gasteiger partial charge in [0.05, 0.1) is 20.0 Å². The van der Waals surface area contributed by atoms with E-state index in [1.54, 1.807) is 18.2 Å². The Kier molecular flexibility index (Phi) is 7.99. The van der Waals surface area contributed by atoms with E-state index in [1.807, 2.05) is 0 Å². The van der Waals surface area contributed by atoms with Crippen LogP contribution in [0.2, 0.25) is 0 Å². The van der Waals surface area contributed by atoms with Crippen molar-refractivity contribution in [2.75, 3.05) is 45.0 Å². The normalized spacial score (nSPS) is 13.2. The van der Waals surface area contributed by atoms with Crippen molar-refractivity contribution in [3.8, 4) is 11.5 Å². The third-order valence-electron chi connectivity index (χ3n) is 3.71. The molecule has 0 radical (unpaired) electrons. The number of nitrogens with zero attached hydrogens (tertiary/aromatic N) is 1. The number of carbonyl (C=O) groups is 2. The number of rotatable bonds is 7. The van der Waals surface area contributed by atoms with Crippen molar-refractivity contribution in [2.24, 2.45) is 0 Å². The average Bonchev–Trinajstić information content (AvgIpc) is 3.19. The van der Waals surface area contributed by atoms with Gasteiger partial charge in [-0.05, 0) is 25.0 Å². The first-order chi connectivity index (χ1) is 12.5. The minimum Gasteiger partial charge on any atom is -0.493 e. The minimum atomic E-state index is -0.473. The predicted molar refractivity (Wildman–Crippen MR) is 105 cm³/mol. The van der Waals surface area contributed by atoms with Crippen LogP contribution in [0.1, 0.15) is 12.8 Å². The highest BCUT2D eigenvalue weighted by molar-refractivity contribution is 8.23. The lowest BCUT2D eigenvalue weighted by Crippen LogP contribution is -2.25. The highest BCUT2D eigenvalue weighted by Gasteiger charge is 2.17. The van der Waals surface area contributed by atoms with Crippen LogP contribution in [0.4, 0.5) is 5.69 Å². The Balaban J connectivity index is 1.72. The molecule has 1 saturated heterocycles. The maximum Gasteiger partial charge on any atom is 0.316 e. The third kappa shape index (κ3) is 6.06. The molecule has 1 N–H and O–H groups in total. The number of anilines is 1. The van der Waals surface area contributed by atoms with Gasteiger partial charge < -0.3 is 24.4 Å². The second kappa shape index (κ2) is 10.2. The first kappa shape index (κ1) is 20.3. The van der Waals surface area contributed by atoms with E-state index >= 15 is 0 Å². The number of benzene rings is 1. The molecule has 1 fully saturated rings. The summed E-state index contributed by atoms with van der Waals surface area (Å²) in [5.74, 6) is 0.243. The molecule has 1 aliphatic heterocycles. The van der Waals surface area contributed by atoms with Crippen molar-refractivity contribution in [1.82, 2.24) is 4.90 Å². The molecule has 0 spiro atoms. The van der Waals surface area contributed by atoms with E-state index in [-0.39, 0.29) is 12.4 Å². The number of likely N-dealkylation sites (tertiary alicyclic amines) is 1. The van der Waals surface area contributed by atoms with Crippen LogP contribution in [0.25, 0.3) is 0 Å². The summed E-state index contributed by atoms with van der Waals surface area (Å²) < 4.78 is 16.0.